The van der Waals surface area contributed by atoms with E-state index in [4.69, 9.17) is 0 Å². The molecule has 0 heterocycles. The van der Waals surface area contributed by atoms with Crippen LogP contribution >= 0.6 is 0 Å². The Kier molecular flexibility index (Phi) is 3.47. The number of hydrogen-bond acceptors (Lipinski definition) is 2. The lowest BCUT2D eigenvalue weighted by Gasteiger charge is -2.15. The van der Waals surface area contributed by atoms with E-state index in [1.54, 1.807) is 5.01 Å². The van der Waals surface area contributed by atoms with Crippen LogP contribution in [0.2, 0.25) is 0 Å². The Labute approximate surface area is 62.5 Å². The van der Waals surface area contributed by atoms with Gasteiger partial charge in [-0.1, -0.05) is 12.7 Å². The van der Waals surface area contributed by atoms with E-state index < -0.39 is 0 Å². The van der Waals surface area contributed by atoms with E-state index in [9.17, 15) is 0 Å². The van der Waals surface area contributed by atoms with Crippen molar-refractivity contribution in [3.05, 3.63) is 23.9 Å². The first-order valence-electron chi connectivity index (χ1n) is 3.16. The Hall–Kier alpha value is -1.05. The number of hydrazone groups is 1. The summed E-state index contributed by atoms with van der Waals surface area (Å²) in [7, 11) is 1.84. The molecule has 2 heteroatoms. The molecule has 0 fully saturated rings. The fourth-order valence-corrected chi connectivity index (χ4v) is 0.786. The Balaban J connectivity index is 4.37. The Morgan fingerprint density at radius 3 is 2.20 bits per heavy atom. The molecule has 0 radical (unpaired) electrons. The third-order valence-electron chi connectivity index (χ3n) is 1.27. The van der Waals surface area contributed by atoms with Gasteiger partial charge in [0, 0.05) is 13.8 Å². The molecule has 0 spiro atoms. The van der Waals surface area contributed by atoms with Crippen LogP contribution in [0.1, 0.15) is 13.8 Å². The zero-order valence-corrected chi connectivity index (χ0v) is 6.89. The molecule has 0 aromatic carbocycles. The van der Waals surface area contributed by atoms with Crippen LogP contribution in [0.5, 0.6) is 0 Å². The van der Waals surface area contributed by atoms with Crippen LogP contribution in [-0.4, -0.2) is 18.8 Å². The maximum atomic E-state index is 3.80. The first-order chi connectivity index (χ1) is 4.63. The van der Waals surface area contributed by atoms with E-state index in [0.717, 1.165) is 11.3 Å². The summed E-state index contributed by atoms with van der Waals surface area (Å²) >= 11 is 0. The van der Waals surface area contributed by atoms with Crippen molar-refractivity contribution >= 4 is 6.72 Å². The van der Waals surface area contributed by atoms with E-state index >= 15 is 0 Å². The van der Waals surface area contributed by atoms with Crippen LogP contribution in [0.15, 0.2) is 29.0 Å². The molecule has 0 aliphatic heterocycles. The van der Waals surface area contributed by atoms with Gasteiger partial charge in [0.1, 0.15) is 0 Å². The maximum absolute atomic E-state index is 3.80. The van der Waals surface area contributed by atoms with E-state index in [0.29, 0.717) is 0 Å². The summed E-state index contributed by atoms with van der Waals surface area (Å²) < 4.78 is 0. The molecule has 2 nitrogen and oxygen atoms in total. The smallest absolute Gasteiger partial charge is 0.0570 e. The van der Waals surface area contributed by atoms with Crippen molar-refractivity contribution in [1.29, 1.82) is 0 Å². The minimum absolute atomic E-state index is 0.998. The third-order valence-corrected chi connectivity index (χ3v) is 1.27. The summed E-state index contributed by atoms with van der Waals surface area (Å²) in [5.74, 6) is 0. The first-order valence-corrected chi connectivity index (χ1v) is 3.16. The van der Waals surface area contributed by atoms with E-state index in [1.165, 1.54) is 0 Å². The molecule has 0 aromatic rings. The molecule has 0 atom stereocenters. The second kappa shape index (κ2) is 3.88. The second-order valence-electron chi connectivity index (χ2n) is 2.12. The van der Waals surface area contributed by atoms with Crippen molar-refractivity contribution in [3.8, 4) is 0 Å². The first kappa shape index (κ1) is 8.95. The third kappa shape index (κ3) is 2.05. The van der Waals surface area contributed by atoms with E-state index in [1.807, 2.05) is 27.0 Å². The summed E-state index contributed by atoms with van der Waals surface area (Å²) in [6, 6.07) is 0. The highest BCUT2D eigenvalue weighted by atomic mass is 15.4. The standard InChI is InChI=1S/C8H14N2/c1-6-8(7(2)3)10(5)9-4/h6H,2,4H2,1,3,5H3/b8-6+. The summed E-state index contributed by atoms with van der Waals surface area (Å²) in [5, 5.41) is 5.43. The summed E-state index contributed by atoms with van der Waals surface area (Å²) in [6.07, 6.45) is 1.96. The van der Waals surface area contributed by atoms with Crippen LogP contribution in [0, 0.1) is 0 Å². The quantitative estimate of drug-likeness (QED) is 0.331. The Bertz CT molecular complexity index is 168. The SMILES string of the molecule is C=NN(C)/C(=C/C)C(=C)C. The van der Waals surface area contributed by atoms with Gasteiger partial charge in [-0.25, -0.2) is 0 Å². The average molecular weight is 138 g/mol. The fourth-order valence-electron chi connectivity index (χ4n) is 0.786. The highest BCUT2D eigenvalue weighted by molar-refractivity contribution is 5.28. The lowest BCUT2D eigenvalue weighted by Crippen LogP contribution is -2.09. The van der Waals surface area contributed by atoms with Crippen molar-refractivity contribution in [2.45, 2.75) is 13.8 Å². The molecular weight excluding hydrogens is 124 g/mol. The van der Waals surface area contributed by atoms with Gasteiger partial charge >= 0.3 is 0 Å². The highest BCUT2D eigenvalue weighted by Crippen LogP contribution is 2.09. The van der Waals surface area contributed by atoms with E-state index in [-0.39, 0.29) is 0 Å². The number of hydrogen-bond donors (Lipinski definition) is 0. The number of nitrogens with zero attached hydrogens (tertiary/aromatic N) is 2. The van der Waals surface area contributed by atoms with Gasteiger partial charge in [-0.3, -0.25) is 5.01 Å². The lowest BCUT2D eigenvalue weighted by atomic mass is 10.2. The van der Waals surface area contributed by atoms with Crippen LogP contribution in [0.4, 0.5) is 0 Å². The zero-order valence-electron chi connectivity index (χ0n) is 6.89. The molecular formula is C8H14N2. The fraction of sp³-hybridized carbons (Fsp3) is 0.375. The Morgan fingerprint density at radius 2 is 2.10 bits per heavy atom. The molecule has 0 rings (SSSR count). The molecule has 56 valence electrons. The number of rotatable bonds is 3. The predicted molar refractivity (Wildman–Crippen MR) is 45.9 cm³/mol. The molecule has 0 aliphatic carbocycles. The van der Waals surface area contributed by atoms with Crippen molar-refractivity contribution in [1.82, 2.24) is 5.01 Å². The normalized spacial score (nSPS) is 10.9. The van der Waals surface area contributed by atoms with Crippen LogP contribution in [0.25, 0.3) is 0 Å². The van der Waals surface area contributed by atoms with Crippen molar-refractivity contribution in [2.24, 2.45) is 5.10 Å². The van der Waals surface area contributed by atoms with Crippen molar-refractivity contribution in [2.75, 3.05) is 7.05 Å². The minimum atomic E-state index is 0.998. The largest absolute Gasteiger partial charge is 0.269 e. The number of likely N-dealkylation sites (N-methyl/N-ethyl adjacent to an activating group) is 1. The van der Waals surface area contributed by atoms with Gasteiger partial charge in [0.25, 0.3) is 0 Å². The predicted octanol–water partition coefficient (Wildman–Crippen LogP) is 2.01. The Morgan fingerprint density at radius 1 is 1.60 bits per heavy atom. The van der Waals surface area contributed by atoms with Crippen LogP contribution < -0.4 is 0 Å². The van der Waals surface area contributed by atoms with Crippen molar-refractivity contribution < 1.29 is 0 Å². The summed E-state index contributed by atoms with van der Waals surface area (Å²) in [5.41, 5.74) is 2.01. The molecule has 0 aliphatic rings. The van der Waals surface area contributed by atoms with Gasteiger partial charge in [-0.15, -0.1) is 0 Å². The van der Waals surface area contributed by atoms with Gasteiger partial charge < -0.3 is 0 Å². The average Bonchev–Trinajstić information content (AvgIpc) is 1.88. The zero-order chi connectivity index (χ0) is 8.15. The van der Waals surface area contributed by atoms with Gasteiger partial charge in [-0.2, -0.15) is 5.10 Å². The van der Waals surface area contributed by atoms with Gasteiger partial charge in [0.05, 0.1) is 5.70 Å². The molecule has 0 saturated heterocycles. The van der Waals surface area contributed by atoms with Gasteiger partial charge in [0.15, 0.2) is 0 Å². The lowest BCUT2D eigenvalue weighted by molar-refractivity contribution is 0.458. The summed E-state index contributed by atoms with van der Waals surface area (Å²) in [4.78, 5) is 0. The molecule has 0 amide bonds. The molecule has 0 N–H and O–H groups in total. The number of allylic oxidation sites excluding steroid dienone is 2. The van der Waals surface area contributed by atoms with Gasteiger partial charge in [-0.05, 0) is 19.4 Å². The minimum Gasteiger partial charge on any atom is -0.269 e. The van der Waals surface area contributed by atoms with Crippen LogP contribution in [0.3, 0.4) is 0 Å². The van der Waals surface area contributed by atoms with Gasteiger partial charge in [0.2, 0.25) is 0 Å². The molecule has 0 saturated carbocycles. The molecule has 0 bridgehead atoms. The second-order valence-corrected chi connectivity index (χ2v) is 2.12. The molecule has 0 aromatic heterocycles. The monoisotopic (exact) mass is 138 g/mol. The maximum Gasteiger partial charge on any atom is 0.0570 e. The van der Waals surface area contributed by atoms with Crippen LogP contribution in [-0.2, 0) is 0 Å². The van der Waals surface area contributed by atoms with E-state index in [2.05, 4.69) is 18.4 Å². The summed E-state index contributed by atoms with van der Waals surface area (Å²) in [6.45, 7) is 11.1. The van der Waals surface area contributed by atoms with Crippen molar-refractivity contribution in [3.63, 3.8) is 0 Å². The topological polar surface area (TPSA) is 15.6 Å². The highest BCUT2D eigenvalue weighted by Gasteiger charge is 1.99. The molecule has 10 heavy (non-hydrogen) atoms. The molecule has 0 unspecified atom stereocenters.